The lowest BCUT2D eigenvalue weighted by molar-refractivity contribution is 0.436. The van der Waals surface area contributed by atoms with Gasteiger partial charge in [0.2, 0.25) is 0 Å². The Bertz CT molecular complexity index is 3150. The Morgan fingerprint density at radius 2 is 0.918 bits per heavy atom. The van der Waals surface area contributed by atoms with Crippen LogP contribution >= 0.6 is 0 Å². The lowest BCUT2D eigenvalue weighted by atomic mass is 9.63. The Kier molecular flexibility index (Phi) is 8.37. The van der Waals surface area contributed by atoms with E-state index < -0.39 is 5.41 Å². The van der Waals surface area contributed by atoms with Crippen LogP contribution in [-0.2, 0) is 10.8 Å². The second-order valence-electron chi connectivity index (χ2n) is 16.3. The van der Waals surface area contributed by atoms with Crippen molar-refractivity contribution in [3.63, 3.8) is 0 Å². The van der Waals surface area contributed by atoms with Crippen molar-refractivity contribution in [1.82, 2.24) is 15.0 Å². The fourth-order valence-electron chi connectivity index (χ4n) is 9.55. The van der Waals surface area contributed by atoms with Crippen LogP contribution in [0.5, 0.6) is 11.5 Å². The molecular formula is C56H38N4O. The maximum absolute atomic E-state index is 9.51. The Morgan fingerprint density at radius 1 is 0.426 bits per heavy atom. The lowest BCUT2D eigenvalue weighted by Gasteiger charge is -2.42. The fraction of sp³-hybridized carbons (Fsp3) is 0.0714. The average Bonchev–Trinajstić information content (AvgIpc) is 3.56. The second-order valence-corrected chi connectivity index (χ2v) is 16.3. The number of ether oxygens (including phenoxy) is 1. The first kappa shape index (κ1) is 36.2. The molecule has 1 aliphatic carbocycles. The predicted molar refractivity (Wildman–Crippen MR) is 242 cm³/mol. The molecule has 61 heavy (non-hydrogen) atoms. The number of rotatable bonds is 6. The van der Waals surface area contributed by atoms with Crippen molar-refractivity contribution >= 4 is 0 Å². The van der Waals surface area contributed by atoms with Crippen molar-refractivity contribution in [2.45, 2.75) is 24.7 Å². The van der Waals surface area contributed by atoms with Gasteiger partial charge in [0.1, 0.15) is 11.5 Å². The van der Waals surface area contributed by atoms with Crippen LogP contribution in [0, 0.1) is 11.3 Å². The summed E-state index contributed by atoms with van der Waals surface area (Å²) in [5, 5.41) is 9.51. The first-order chi connectivity index (χ1) is 29.9. The lowest BCUT2D eigenvalue weighted by Crippen LogP contribution is -2.34. The van der Waals surface area contributed by atoms with Crippen LogP contribution in [0.15, 0.2) is 194 Å². The van der Waals surface area contributed by atoms with E-state index in [0.717, 1.165) is 50.4 Å². The SMILES string of the molecule is CC1(C)c2ccccc2-c2ccc(-c3nc(-c4ccc(C#N)cc4)nc(-c4ccc(-c5cccc6c5Oc5ccccc5C6(c5ccccc5)c5ccccc5)cc4)n3)cc21. The molecule has 1 aliphatic heterocycles. The van der Waals surface area contributed by atoms with Crippen molar-refractivity contribution < 1.29 is 4.74 Å². The minimum atomic E-state index is -0.610. The Balaban J connectivity index is 1.04. The molecule has 0 unspecified atom stereocenters. The van der Waals surface area contributed by atoms with Crippen molar-refractivity contribution in [2.24, 2.45) is 0 Å². The number of nitriles is 1. The molecule has 0 atom stereocenters. The number of benzene rings is 8. The summed E-state index contributed by atoms with van der Waals surface area (Å²) in [5.74, 6) is 3.35. The van der Waals surface area contributed by atoms with Gasteiger partial charge in [-0.25, -0.2) is 15.0 Å². The summed E-state index contributed by atoms with van der Waals surface area (Å²) in [6.45, 7) is 4.56. The van der Waals surface area contributed by atoms with Gasteiger partial charge in [0.15, 0.2) is 17.5 Å². The van der Waals surface area contributed by atoms with E-state index in [1.165, 1.54) is 33.4 Å². The maximum Gasteiger partial charge on any atom is 0.164 e. The normalized spacial score (nSPS) is 13.8. The van der Waals surface area contributed by atoms with Gasteiger partial charge in [0, 0.05) is 38.8 Å². The number of nitrogens with zero attached hydrogens (tertiary/aromatic N) is 4. The molecule has 0 saturated heterocycles. The summed E-state index contributed by atoms with van der Waals surface area (Å²) in [5.41, 5.74) is 14.0. The van der Waals surface area contributed by atoms with Crippen LogP contribution in [-0.4, -0.2) is 15.0 Å². The smallest absolute Gasteiger partial charge is 0.164 e. The molecule has 1 aromatic heterocycles. The highest BCUT2D eigenvalue weighted by Crippen LogP contribution is 2.57. The molecule has 9 aromatic rings. The standard InChI is InChI=1S/C56H38N4O/c1-55(2)46-20-10-9-18-44(46)45-33-32-40(34-49(45)55)54-59-52(38-26-24-36(35-57)25-27-38)58-53(60-54)39-30-28-37(29-31-39)43-19-13-22-48-51(43)61-50-23-12-11-21-47(50)56(48,41-14-5-3-6-15-41)42-16-7-4-8-17-42/h3-34H,1-2H3. The number of para-hydroxylation sites is 2. The van der Waals surface area contributed by atoms with E-state index in [1.54, 1.807) is 12.1 Å². The molecule has 0 fully saturated rings. The third-order valence-electron chi connectivity index (χ3n) is 12.5. The molecule has 0 saturated carbocycles. The van der Waals surface area contributed by atoms with E-state index in [9.17, 15) is 5.26 Å². The third kappa shape index (κ3) is 5.72. The summed E-state index contributed by atoms with van der Waals surface area (Å²) >= 11 is 0. The van der Waals surface area contributed by atoms with E-state index in [2.05, 4.69) is 184 Å². The zero-order chi connectivity index (χ0) is 41.1. The molecule has 0 radical (unpaired) electrons. The molecule has 0 spiro atoms. The molecule has 11 rings (SSSR count). The first-order valence-electron chi connectivity index (χ1n) is 20.6. The Hall–Kier alpha value is -7.94. The molecular weight excluding hydrogens is 745 g/mol. The van der Waals surface area contributed by atoms with Crippen LogP contribution in [0.4, 0.5) is 0 Å². The summed E-state index contributed by atoms with van der Waals surface area (Å²) in [7, 11) is 0. The minimum absolute atomic E-state index is 0.173. The van der Waals surface area contributed by atoms with Gasteiger partial charge in [0.25, 0.3) is 0 Å². The molecule has 5 nitrogen and oxygen atoms in total. The minimum Gasteiger partial charge on any atom is -0.456 e. The van der Waals surface area contributed by atoms with Crippen molar-refractivity contribution in [2.75, 3.05) is 0 Å². The predicted octanol–water partition coefficient (Wildman–Crippen LogP) is 13.2. The van der Waals surface area contributed by atoms with E-state index in [0.29, 0.717) is 23.0 Å². The Morgan fingerprint density at radius 3 is 1.57 bits per heavy atom. The summed E-state index contributed by atoms with van der Waals surface area (Å²) < 4.78 is 6.94. The summed E-state index contributed by atoms with van der Waals surface area (Å²) in [4.78, 5) is 15.2. The van der Waals surface area contributed by atoms with Gasteiger partial charge in [-0.15, -0.1) is 0 Å². The fourth-order valence-corrected chi connectivity index (χ4v) is 9.55. The van der Waals surface area contributed by atoms with Crippen molar-refractivity contribution in [3.8, 4) is 74.0 Å². The highest BCUT2D eigenvalue weighted by Gasteiger charge is 2.46. The topological polar surface area (TPSA) is 71.7 Å². The number of aromatic nitrogens is 3. The van der Waals surface area contributed by atoms with Gasteiger partial charge in [-0.1, -0.05) is 172 Å². The molecule has 2 heterocycles. The van der Waals surface area contributed by atoms with Crippen molar-refractivity contribution in [3.05, 3.63) is 233 Å². The monoisotopic (exact) mass is 782 g/mol. The van der Waals surface area contributed by atoms with Gasteiger partial charge in [-0.3, -0.25) is 0 Å². The zero-order valence-corrected chi connectivity index (χ0v) is 33.7. The van der Waals surface area contributed by atoms with Crippen LogP contribution in [0.3, 0.4) is 0 Å². The maximum atomic E-state index is 9.51. The summed E-state index contributed by atoms with van der Waals surface area (Å²) in [6, 6.07) is 69.6. The average molecular weight is 783 g/mol. The van der Waals surface area contributed by atoms with Gasteiger partial charge < -0.3 is 4.74 Å². The van der Waals surface area contributed by atoms with Crippen LogP contribution in [0.2, 0.25) is 0 Å². The van der Waals surface area contributed by atoms with Crippen molar-refractivity contribution in [1.29, 1.82) is 5.26 Å². The Labute approximate surface area is 355 Å². The number of fused-ring (bicyclic) bond motifs is 5. The molecule has 288 valence electrons. The molecule has 0 bridgehead atoms. The van der Waals surface area contributed by atoms with Crippen LogP contribution in [0.1, 0.15) is 52.8 Å². The van der Waals surface area contributed by atoms with E-state index in [1.807, 2.05) is 18.2 Å². The van der Waals surface area contributed by atoms with Gasteiger partial charge in [-0.2, -0.15) is 5.26 Å². The molecule has 0 amide bonds. The second kappa shape index (κ2) is 14.1. The van der Waals surface area contributed by atoms with Crippen LogP contribution in [0.25, 0.3) is 56.4 Å². The molecule has 8 aromatic carbocycles. The number of hydrogen-bond donors (Lipinski definition) is 0. The highest BCUT2D eigenvalue weighted by atomic mass is 16.5. The molecule has 5 heteroatoms. The highest BCUT2D eigenvalue weighted by molar-refractivity contribution is 5.84. The zero-order valence-electron chi connectivity index (χ0n) is 33.7. The van der Waals surface area contributed by atoms with Gasteiger partial charge in [-0.05, 0) is 75.3 Å². The molecule has 2 aliphatic rings. The summed E-state index contributed by atoms with van der Waals surface area (Å²) in [6.07, 6.45) is 0. The quantitative estimate of drug-likeness (QED) is 0.168. The van der Waals surface area contributed by atoms with Crippen LogP contribution < -0.4 is 4.74 Å². The van der Waals surface area contributed by atoms with E-state index in [4.69, 9.17) is 19.7 Å². The van der Waals surface area contributed by atoms with Gasteiger partial charge in [0.05, 0.1) is 17.0 Å². The first-order valence-corrected chi connectivity index (χ1v) is 20.6. The third-order valence-corrected chi connectivity index (χ3v) is 12.5. The largest absolute Gasteiger partial charge is 0.456 e. The number of hydrogen-bond acceptors (Lipinski definition) is 5. The van der Waals surface area contributed by atoms with E-state index >= 15 is 0 Å². The molecule has 0 N–H and O–H groups in total. The van der Waals surface area contributed by atoms with Gasteiger partial charge >= 0.3 is 0 Å². The van der Waals surface area contributed by atoms with E-state index in [-0.39, 0.29) is 5.41 Å².